The molecule has 0 saturated carbocycles. The van der Waals surface area contributed by atoms with Gasteiger partial charge in [0.25, 0.3) is 0 Å². The SMILES string of the molecule is O=S(=O)(c1ccc(F)cc1)c1cnc2ccc(Cl)cc2c1-c1cccc(Cl)c1. The molecule has 7 heteroatoms. The quantitative estimate of drug-likeness (QED) is 0.363. The van der Waals surface area contributed by atoms with E-state index >= 15 is 0 Å². The van der Waals surface area contributed by atoms with Gasteiger partial charge in [0, 0.05) is 27.2 Å². The molecule has 1 heterocycles. The number of rotatable bonds is 3. The number of aromatic nitrogens is 1. The fraction of sp³-hybridized carbons (Fsp3) is 0. The van der Waals surface area contributed by atoms with Crippen molar-refractivity contribution in [3.63, 3.8) is 0 Å². The summed E-state index contributed by atoms with van der Waals surface area (Å²) >= 11 is 12.3. The monoisotopic (exact) mass is 431 g/mol. The van der Waals surface area contributed by atoms with Crippen molar-refractivity contribution in [1.29, 1.82) is 0 Å². The van der Waals surface area contributed by atoms with Crippen molar-refractivity contribution in [3.8, 4) is 11.1 Å². The van der Waals surface area contributed by atoms with Gasteiger partial charge in [-0.1, -0.05) is 35.3 Å². The summed E-state index contributed by atoms with van der Waals surface area (Å²) < 4.78 is 39.9. The van der Waals surface area contributed by atoms with Crippen LogP contribution in [0.5, 0.6) is 0 Å². The smallest absolute Gasteiger partial charge is 0.208 e. The number of hydrogen-bond donors (Lipinski definition) is 0. The van der Waals surface area contributed by atoms with E-state index in [4.69, 9.17) is 23.2 Å². The average Bonchev–Trinajstić information content (AvgIpc) is 2.67. The van der Waals surface area contributed by atoms with E-state index in [1.54, 1.807) is 42.5 Å². The highest BCUT2D eigenvalue weighted by Gasteiger charge is 2.25. The molecule has 0 amide bonds. The van der Waals surface area contributed by atoms with Crippen LogP contribution in [0, 0.1) is 5.82 Å². The highest BCUT2D eigenvalue weighted by molar-refractivity contribution is 7.91. The van der Waals surface area contributed by atoms with Crippen molar-refractivity contribution in [1.82, 2.24) is 4.98 Å². The van der Waals surface area contributed by atoms with Gasteiger partial charge in [0.15, 0.2) is 0 Å². The maximum Gasteiger partial charge on any atom is 0.208 e. The molecule has 0 aliphatic rings. The van der Waals surface area contributed by atoms with Crippen LogP contribution >= 0.6 is 23.2 Å². The fourth-order valence-corrected chi connectivity index (χ4v) is 4.83. The molecule has 0 atom stereocenters. The average molecular weight is 432 g/mol. The third-order valence-corrected chi connectivity index (χ3v) is 6.57. The van der Waals surface area contributed by atoms with E-state index in [-0.39, 0.29) is 9.79 Å². The van der Waals surface area contributed by atoms with Crippen LogP contribution in [-0.4, -0.2) is 13.4 Å². The van der Waals surface area contributed by atoms with Crippen LogP contribution in [0.15, 0.2) is 82.7 Å². The van der Waals surface area contributed by atoms with Gasteiger partial charge < -0.3 is 0 Å². The van der Waals surface area contributed by atoms with Crippen LogP contribution in [-0.2, 0) is 9.84 Å². The first-order valence-corrected chi connectivity index (χ1v) is 10.4. The van der Waals surface area contributed by atoms with Crippen molar-refractivity contribution in [2.75, 3.05) is 0 Å². The number of sulfone groups is 1. The molecule has 3 aromatic carbocycles. The molecule has 0 fully saturated rings. The van der Waals surface area contributed by atoms with E-state index in [1.165, 1.54) is 18.3 Å². The van der Waals surface area contributed by atoms with Gasteiger partial charge in [-0.05, 0) is 60.2 Å². The Morgan fingerprint density at radius 3 is 2.29 bits per heavy atom. The summed E-state index contributed by atoms with van der Waals surface area (Å²) in [5.74, 6) is -0.516. The standard InChI is InChI=1S/C21H12Cl2FNO2S/c22-14-3-1-2-13(10-14)21-18-11-15(23)4-9-19(18)25-12-20(21)28(26,27)17-7-5-16(24)6-8-17/h1-12H. The maximum absolute atomic E-state index is 13.3. The molecular weight excluding hydrogens is 420 g/mol. The summed E-state index contributed by atoms with van der Waals surface area (Å²) in [5.41, 5.74) is 1.65. The third-order valence-electron chi connectivity index (χ3n) is 4.32. The lowest BCUT2D eigenvalue weighted by molar-refractivity contribution is 0.595. The highest BCUT2D eigenvalue weighted by atomic mass is 35.5. The van der Waals surface area contributed by atoms with E-state index in [0.29, 0.717) is 32.1 Å². The summed E-state index contributed by atoms with van der Waals surface area (Å²) in [6, 6.07) is 16.7. The fourth-order valence-electron chi connectivity index (χ4n) is 3.03. The molecular formula is C21H12Cl2FNO2S. The molecule has 4 rings (SSSR count). The van der Waals surface area contributed by atoms with Crippen molar-refractivity contribution in [2.45, 2.75) is 9.79 Å². The number of halogens is 3. The van der Waals surface area contributed by atoms with Gasteiger partial charge >= 0.3 is 0 Å². The highest BCUT2D eigenvalue weighted by Crippen LogP contribution is 2.38. The Morgan fingerprint density at radius 1 is 0.857 bits per heavy atom. The van der Waals surface area contributed by atoms with Gasteiger partial charge in [0.05, 0.1) is 15.3 Å². The van der Waals surface area contributed by atoms with E-state index in [2.05, 4.69) is 4.98 Å². The van der Waals surface area contributed by atoms with E-state index in [9.17, 15) is 12.8 Å². The second-order valence-corrected chi connectivity index (χ2v) is 8.92. The number of benzene rings is 3. The Morgan fingerprint density at radius 2 is 1.57 bits per heavy atom. The van der Waals surface area contributed by atoms with Gasteiger partial charge in [-0.2, -0.15) is 0 Å². The summed E-state index contributed by atoms with van der Waals surface area (Å²) in [4.78, 5) is 4.26. The molecule has 0 spiro atoms. The lowest BCUT2D eigenvalue weighted by Crippen LogP contribution is -2.06. The molecule has 0 radical (unpaired) electrons. The zero-order valence-electron chi connectivity index (χ0n) is 14.2. The Balaban J connectivity index is 2.09. The normalized spacial score (nSPS) is 11.7. The lowest BCUT2D eigenvalue weighted by atomic mass is 10.0. The molecule has 0 saturated heterocycles. The first-order valence-electron chi connectivity index (χ1n) is 8.21. The van der Waals surface area contributed by atoms with Gasteiger partial charge in [-0.25, -0.2) is 12.8 Å². The number of nitrogens with zero attached hydrogens (tertiary/aromatic N) is 1. The molecule has 0 bridgehead atoms. The third kappa shape index (κ3) is 3.37. The predicted octanol–water partition coefficient (Wildman–Crippen LogP) is 6.18. The van der Waals surface area contributed by atoms with Crippen LogP contribution in [0.4, 0.5) is 4.39 Å². The predicted molar refractivity (Wildman–Crippen MR) is 109 cm³/mol. The number of fused-ring (bicyclic) bond motifs is 1. The minimum absolute atomic E-state index is 0.00357. The van der Waals surface area contributed by atoms with Gasteiger partial charge in [0.1, 0.15) is 5.82 Å². The summed E-state index contributed by atoms with van der Waals surface area (Å²) in [6.45, 7) is 0. The van der Waals surface area contributed by atoms with E-state index in [0.717, 1.165) is 12.1 Å². The van der Waals surface area contributed by atoms with Crippen molar-refractivity contribution in [3.05, 3.63) is 88.8 Å². The molecule has 1 aromatic heterocycles. The van der Waals surface area contributed by atoms with Crippen molar-refractivity contribution >= 4 is 43.9 Å². The largest absolute Gasteiger partial charge is 0.255 e. The molecule has 0 N–H and O–H groups in total. The van der Waals surface area contributed by atoms with Crippen LogP contribution < -0.4 is 0 Å². The zero-order valence-corrected chi connectivity index (χ0v) is 16.6. The number of hydrogen-bond acceptors (Lipinski definition) is 3. The first-order chi connectivity index (χ1) is 13.4. The summed E-state index contributed by atoms with van der Waals surface area (Å²) in [5, 5.41) is 1.50. The maximum atomic E-state index is 13.3. The molecule has 4 aromatic rings. The van der Waals surface area contributed by atoms with Gasteiger partial charge in [-0.15, -0.1) is 0 Å². The Bertz CT molecular complexity index is 1310. The molecule has 0 unspecified atom stereocenters. The zero-order chi connectivity index (χ0) is 19.9. The Hall–Kier alpha value is -2.47. The summed E-state index contributed by atoms with van der Waals surface area (Å²) in [7, 11) is -3.97. The van der Waals surface area contributed by atoms with Crippen molar-refractivity contribution < 1.29 is 12.8 Å². The minimum atomic E-state index is -3.97. The molecule has 28 heavy (non-hydrogen) atoms. The number of pyridine rings is 1. The van der Waals surface area contributed by atoms with Gasteiger partial charge in [-0.3, -0.25) is 4.98 Å². The first kappa shape index (κ1) is 18.9. The lowest BCUT2D eigenvalue weighted by Gasteiger charge is -2.14. The van der Waals surface area contributed by atoms with Gasteiger partial charge in [0.2, 0.25) is 9.84 Å². The Kier molecular flexibility index (Phi) is 4.83. The van der Waals surface area contributed by atoms with Crippen LogP contribution in [0.25, 0.3) is 22.0 Å². The molecule has 3 nitrogen and oxygen atoms in total. The second-order valence-electron chi connectivity index (χ2n) is 6.13. The molecule has 0 aliphatic carbocycles. The summed E-state index contributed by atoms with van der Waals surface area (Å²) in [6.07, 6.45) is 1.31. The second kappa shape index (κ2) is 7.17. The van der Waals surface area contributed by atoms with Crippen LogP contribution in [0.1, 0.15) is 0 Å². The van der Waals surface area contributed by atoms with E-state index in [1.807, 2.05) is 0 Å². The molecule has 140 valence electrons. The van der Waals surface area contributed by atoms with Crippen LogP contribution in [0.3, 0.4) is 0 Å². The van der Waals surface area contributed by atoms with Crippen molar-refractivity contribution in [2.24, 2.45) is 0 Å². The molecule has 0 aliphatic heterocycles. The topological polar surface area (TPSA) is 47.0 Å². The van der Waals surface area contributed by atoms with Crippen LogP contribution in [0.2, 0.25) is 10.0 Å². The van der Waals surface area contributed by atoms with E-state index < -0.39 is 15.7 Å². The Labute approximate surface area is 171 Å². The minimum Gasteiger partial charge on any atom is -0.255 e.